The molecule has 0 fully saturated rings. The fourth-order valence-corrected chi connectivity index (χ4v) is 1.17. The van der Waals surface area contributed by atoms with Crippen LogP contribution in [0.15, 0.2) is 23.2 Å². The molecule has 1 amide bonds. The number of alkyl halides is 1. The van der Waals surface area contributed by atoms with E-state index in [-0.39, 0.29) is 23.3 Å². The van der Waals surface area contributed by atoms with Crippen molar-refractivity contribution in [1.29, 1.82) is 0 Å². The highest BCUT2D eigenvalue weighted by atomic mass is 35.5. The van der Waals surface area contributed by atoms with Crippen molar-refractivity contribution in [3.63, 3.8) is 0 Å². The number of nitrogens with zero attached hydrogens (tertiary/aromatic N) is 1. The van der Waals surface area contributed by atoms with Crippen molar-refractivity contribution in [2.45, 2.75) is 13.3 Å². The normalized spacial score (nSPS) is 11.4. The van der Waals surface area contributed by atoms with Crippen molar-refractivity contribution in [3.8, 4) is 0 Å². The average molecular weight is 258 g/mol. The van der Waals surface area contributed by atoms with E-state index >= 15 is 0 Å². The SMILES string of the molecule is CCC(=O)Nc1ccc(F)c(N=C(N)CCl)c1. The minimum Gasteiger partial charge on any atom is -0.386 e. The molecule has 3 N–H and O–H groups in total. The molecule has 4 nitrogen and oxygen atoms in total. The highest BCUT2D eigenvalue weighted by Crippen LogP contribution is 2.22. The lowest BCUT2D eigenvalue weighted by Gasteiger charge is -2.05. The number of hydrogen-bond acceptors (Lipinski definition) is 2. The van der Waals surface area contributed by atoms with Gasteiger partial charge in [-0.05, 0) is 18.2 Å². The zero-order valence-electron chi connectivity index (χ0n) is 9.34. The van der Waals surface area contributed by atoms with Crippen LogP contribution in [0.3, 0.4) is 0 Å². The number of nitrogens with two attached hydrogens (primary N) is 1. The predicted molar refractivity (Wildman–Crippen MR) is 67.3 cm³/mol. The Balaban J connectivity index is 2.98. The molecule has 0 saturated carbocycles. The number of hydrogen-bond donors (Lipinski definition) is 2. The average Bonchev–Trinajstić information content (AvgIpc) is 2.33. The summed E-state index contributed by atoms with van der Waals surface area (Å²) in [6.45, 7) is 1.73. The maximum absolute atomic E-state index is 13.4. The molecule has 0 spiro atoms. The van der Waals surface area contributed by atoms with Gasteiger partial charge in [0.15, 0.2) is 0 Å². The second-order valence-corrected chi connectivity index (χ2v) is 3.57. The van der Waals surface area contributed by atoms with Crippen LogP contribution in [0.2, 0.25) is 0 Å². The van der Waals surface area contributed by atoms with Crippen LogP contribution in [0.4, 0.5) is 15.8 Å². The van der Waals surface area contributed by atoms with E-state index in [0.29, 0.717) is 12.1 Å². The number of halogens is 2. The Hall–Kier alpha value is -1.62. The smallest absolute Gasteiger partial charge is 0.224 e. The summed E-state index contributed by atoms with van der Waals surface area (Å²) in [6.07, 6.45) is 0.347. The van der Waals surface area contributed by atoms with Gasteiger partial charge in [-0.15, -0.1) is 11.6 Å². The molecule has 1 rings (SSSR count). The summed E-state index contributed by atoms with van der Waals surface area (Å²) in [5, 5.41) is 2.60. The third-order valence-corrected chi connectivity index (χ3v) is 2.23. The molecule has 0 aliphatic heterocycles. The third-order valence-electron chi connectivity index (χ3n) is 1.95. The van der Waals surface area contributed by atoms with Crippen molar-refractivity contribution in [2.24, 2.45) is 10.7 Å². The van der Waals surface area contributed by atoms with E-state index in [1.807, 2.05) is 0 Å². The number of amidine groups is 1. The number of anilines is 1. The Morgan fingerprint density at radius 3 is 2.88 bits per heavy atom. The molecule has 1 aromatic carbocycles. The molecule has 0 bridgehead atoms. The van der Waals surface area contributed by atoms with Crippen LogP contribution < -0.4 is 11.1 Å². The molecule has 0 aromatic heterocycles. The number of amides is 1. The van der Waals surface area contributed by atoms with Crippen molar-refractivity contribution < 1.29 is 9.18 Å². The Kier molecular flexibility index (Phi) is 4.90. The molecule has 1 aromatic rings. The van der Waals surface area contributed by atoms with E-state index in [1.165, 1.54) is 18.2 Å². The quantitative estimate of drug-likeness (QED) is 0.494. The minimum atomic E-state index is -0.521. The summed E-state index contributed by atoms with van der Waals surface area (Å²) in [5.41, 5.74) is 5.94. The van der Waals surface area contributed by atoms with E-state index in [0.717, 1.165) is 0 Å². The molecule has 92 valence electrons. The van der Waals surface area contributed by atoms with Crippen LogP contribution in [0.5, 0.6) is 0 Å². The summed E-state index contributed by atoms with van der Waals surface area (Å²) in [7, 11) is 0. The maximum Gasteiger partial charge on any atom is 0.224 e. The number of benzene rings is 1. The molecule has 17 heavy (non-hydrogen) atoms. The number of nitrogens with one attached hydrogen (secondary N) is 1. The van der Waals surface area contributed by atoms with Crippen molar-refractivity contribution in [1.82, 2.24) is 0 Å². The first-order valence-corrected chi connectivity index (χ1v) is 5.58. The number of carbonyl (C=O) groups is 1. The third kappa shape index (κ3) is 4.03. The van der Waals surface area contributed by atoms with Gasteiger partial charge in [0, 0.05) is 12.1 Å². The molecule has 0 aliphatic rings. The lowest BCUT2D eigenvalue weighted by Crippen LogP contribution is -2.12. The second kappa shape index (κ2) is 6.20. The number of aliphatic imine (C=N–C) groups is 1. The van der Waals surface area contributed by atoms with Gasteiger partial charge in [0.1, 0.15) is 17.3 Å². The summed E-state index contributed by atoms with van der Waals surface area (Å²) in [4.78, 5) is 15.0. The molecule has 0 aliphatic carbocycles. The van der Waals surface area contributed by atoms with Crippen LogP contribution in [0, 0.1) is 5.82 Å². The molecular formula is C11H13ClFN3O. The maximum atomic E-state index is 13.4. The van der Waals surface area contributed by atoms with Crippen LogP contribution in [0.1, 0.15) is 13.3 Å². The standard InChI is InChI=1S/C11H13ClFN3O/c1-2-11(17)15-7-3-4-8(13)9(5-7)16-10(14)6-12/h3-5H,2,6H2,1H3,(H2,14,16)(H,15,17). The summed E-state index contributed by atoms with van der Waals surface area (Å²) < 4.78 is 13.4. The van der Waals surface area contributed by atoms with Crippen molar-refractivity contribution in [2.75, 3.05) is 11.2 Å². The second-order valence-electron chi connectivity index (χ2n) is 3.30. The molecule has 0 heterocycles. The first kappa shape index (κ1) is 13.4. The van der Waals surface area contributed by atoms with Gasteiger partial charge in [0.05, 0.1) is 5.88 Å². The summed E-state index contributed by atoms with van der Waals surface area (Å²) in [6, 6.07) is 4.08. The molecule has 0 radical (unpaired) electrons. The Bertz CT molecular complexity index is 448. The largest absolute Gasteiger partial charge is 0.386 e. The van der Waals surface area contributed by atoms with Crippen molar-refractivity contribution in [3.05, 3.63) is 24.0 Å². The van der Waals surface area contributed by atoms with Crippen LogP contribution in [0.25, 0.3) is 0 Å². The van der Waals surface area contributed by atoms with Gasteiger partial charge in [-0.3, -0.25) is 4.79 Å². The zero-order valence-corrected chi connectivity index (χ0v) is 10.1. The van der Waals surface area contributed by atoms with Crippen LogP contribution >= 0.6 is 11.6 Å². The van der Waals surface area contributed by atoms with Gasteiger partial charge < -0.3 is 11.1 Å². The summed E-state index contributed by atoms with van der Waals surface area (Å²) in [5.74, 6) is -0.542. The molecular weight excluding hydrogens is 245 g/mol. The predicted octanol–water partition coefficient (Wildman–Crippen LogP) is 2.40. The molecule has 0 saturated heterocycles. The minimum absolute atomic E-state index is 0.0188. The lowest BCUT2D eigenvalue weighted by atomic mass is 10.2. The van der Waals surface area contributed by atoms with Gasteiger partial charge in [0.25, 0.3) is 0 Å². The summed E-state index contributed by atoms with van der Waals surface area (Å²) >= 11 is 5.45. The first-order valence-electron chi connectivity index (χ1n) is 5.05. The van der Waals surface area contributed by atoms with Crippen molar-refractivity contribution >= 4 is 34.7 Å². The van der Waals surface area contributed by atoms with Crippen LogP contribution in [-0.2, 0) is 4.79 Å². The van der Waals surface area contributed by atoms with E-state index in [2.05, 4.69) is 10.3 Å². The van der Waals surface area contributed by atoms with Gasteiger partial charge in [-0.25, -0.2) is 9.38 Å². The van der Waals surface area contributed by atoms with E-state index in [4.69, 9.17) is 17.3 Å². The molecule has 0 atom stereocenters. The fraction of sp³-hybridized carbons (Fsp3) is 0.273. The Morgan fingerprint density at radius 2 is 2.29 bits per heavy atom. The Labute approximate surface area is 104 Å². The van der Waals surface area contributed by atoms with E-state index in [1.54, 1.807) is 6.92 Å². The van der Waals surface area contributed by atoms with Gasteiger partial charge in [-0.2, -0.15) is 0 Å². The first-order chi connectivity index (χ1) is 8.06. The van der Waals surface area contributed by atoms with Crippen LogP contribution in [-0.4, -0.2) is 17.6 Å². The number of carbonyl (C=O) groups excluding carboxylic acids is 1. The van der Waals surface area contributed by atoms with Gasteiger partial charge >= 0.3 is 0 Å². The molecule has 0 unspecified atom stereocenters. The monoisotopic (exact) mass is 257 g/mol. The number of rotatable bonds is 4. The van der Waals surface area contributed by atoms with Gasteiger partial charge in [0.2, 0.25) is 5.91 Å². The highest BCUT2D eigenvalue weighted by Gasteiger charge is 2.05. The van der Waals surface area contributed by atoms with E-state index in [9.17, 15) is 9.18 Å². The Morgan fingerprint density at radius 1 is 1.59 bits per heavy atom. The molecule has 6 heteroatoms. The van der Waals surface area contributed by atoms with E-state index < -0.39 is 5.82 Å². The lowest BCUT2D eigenvalue weighted by molar-refractivity contribution is -0.115. The fourth-order valence-electron chi connectivity index (χ4n) is 1.11. The van der Waals surface area contributed by atoms with Gasteiger partial charge in [-0.1, -0.05) is 6.92 Å². The zero-order chi connectivity index (χ0) is 12.8. The topological polar surface area (TPSA) is 67.5 Å². The highest BCUT2D eigenvalue weighted by molar-refractivity contribution is 6.28.